The van der Waals surface area contributed by atoms with Crippen molar-refractivity contribution in [1.29, 1.82) is 0 Å². The lowest BCUT2D eigenvalue weighted by atomic mass is 10.0. The molecule has 1 amide bonds. The highest BCUT2D eigenvalue weighted by atomic mass is 19.1. The first-order valence-electron chi connectivity index (χ1n) is 9.29. The van der Waals surface area contributed by atoms with Crippen LogP contribution in [0.1, 0.15) is 36.4 Å². The van der Waals surface area contributed by atoms with Crippen LogP contribution in [0.2, 0.25) is 0 Å². The van der Waals surface area contributed by atoms with E-state index in [1.165, 1.54) is 24.4 Å². The van der Waals surface area contributed by atoms with Gasteiger partial charge in [0.2, 0.25) is 11.9 Å². The number of hydrogen-bond acceptors (Lipinski definition) is 2. The fourth-order valence-electron chi connectivity index (χ4n) is 3.53. The Morgan fingerprint density at radius 2 is 1.89 bits per heavy atom. The molecule has 0 radical (unpaired) electrons. The van der Waals surface area contributed by atoms with Crippen LogP contribution in [-0.2, 0) is 4.79 Å². The highest BCUT2D eigenvalue weighted by Crippen LogP contribution is 2.47. The molecular weight excluding hydrogens is 358 g/mol. The Bertz CT molecular complexity index is 1000. The molecule has 3 atom stereocenters. The van der Waals surface area contributed by atoms with Crippen LogP contribution in [0, 0.1) is 17.7 Å². The normalized spacial score (nSPS) is 19.1. The molecule has 0 saturated heterocycles. The van der Waals surface area contributed by atoms with Crippen LogP contribution in [0.4, 0.5) is 8.78 Å². The van der Waals surface area contributed by atoms with Crippen LogP contribution in [0.25, 0.3) is 11.1 Å². The summed E-state index contributed by atoms with van der Waals surface area (Å²) in [4.78, 5) is 16.3. The second kappa shape index (κ2) is 7.50. The lowest BCUT2D eigenvalue weighted by molar-refractivity contribution is -0.123. The number of nitrogens with zero attached hydrogens (tertiary/aromatic N) is 1. The quantitative estimate of drug-likeness (QED) is 0.634. The molecule has 1 aliphatic carbocycles. The van der Waals surface area contributed by atoms with Gasteiger partial charge >= 0.3 is 0 Å². The van der Waals surface area contributed by atoms with Gasteiger partial charge in [-0.05, 0) is 66.3 Å². The van der Waals surface area contributed by atoms with Gasteiger partial charge in [-0.25, -0.2) is 9.37 Å². The van der Waals surface area contributed by atoms with Gasteiger partial charge in [-0.15, -0.1) is 0 Å². The fraction of sp³-hybridized carbons (Fsp3) is 0.217. The standard InChI is InChI=1S/C23H20F2N2O/c1-14(15-4-2-5-16(10-15)18-8-9-22(25)26-13-18)27-23(28)21-12-20(21)17-6-3-7-19(24)11-17/h2-11,13-14,20-21H,12H2,1H3,(H,27,28)/t14-,20?,21?/m0/s1. The summed E-state index contributed by atoms with van der Waals surface area (Å²) in [6.45, 7) is 1.93. The minimum Gasteiger partial charge on any atom is -0.349 e. The largest absolute Gasteiger partial charge is 0.349 e. The van der Waals surface area contributed by atoms with E-state index in [2.05, 4.69) is 10.3 Å². The van der Waals surface area contributed by atoms with Crippen molar-refractivity contribution in [2.45, 2.75) is 25.3 Å². The number of pyridine rings is 1. The van der Waals surface area contributed by atoms with Gasteiger partial charge in [-0.3, -0.25) is 4.79 Å². The molecule has 5 heteroatoms. The second-order valence-electron chi connectivity index (χ2n) is 7.23. The first-order valence-corrected chi connectivity index (χ1v) is 9.29. The minimum atomic E-state index is -0.516. The lowest BCUT2D eigenvalue weighted by Gasteiger charge is -2.15. The van der Waals surface area contributed by atoms with Crippen LogP contribution < -0.4 is 5.32 Å². The van der Waals surface area contributed by atoms with Gasteiger partial charge in [0.15, 0.2) is 0 Å². The predicted molar refractivity (Wildman–Crippen MR) is 103 cm³/mol. The third-order valence-corrected chi connectivity index (χ3v) is 5.21. The molecular formula is C23H20F2N2O. The van der Waals surface area contributed by atoms with Gasteiger partial charge in [0.05, 0.1) is 6.04 Å². The topological polar surface area (TPSA) is 42.0 Å². The summed E-state index contributed by atoms with van der Waals surface area (Å²) >= 11 is 0. The van der Waals surface area contributed by atoms with Gasteiger partial charge in [0, 0.05) is 17.7 Å². The summed E-state index contributed by atoms with van der Waals surface area (Å²) in [5, 5.41) is 3.05. The Morgan fingerprint density at radius 1 is 1.07 bits per heavy atom. The molecule has 1 fully saturated rings. The van der Waals surface area contributed by atoms with E-state index in [0.717, 1.165) is 28.7 Å². The van der Waals surface area contributed by atoms with Crippen molar-refractivity contribution >= 4 is 5.91 Å². The van der Waals surface area contributed by atoms with E-state index < -0.39 is 5.95 Å². The smallest absolute Gasteiger partial charge is 0.224 e. The van der Waals surface area contributed by atoms with Gasteiger partial charge < -0.3 is 5.32 Å². The van der Waals surface area contributed by atoms with E-state index in [1.54, 1.807) is 12.1 Å². The molecule has 28 heavy (non-hydrogen) atoms. The monoisotopic (exact) mass is 378 g/mol. The molecule has 1 heterocycles. The zero-order valence-corrected chi connectivity index (χ0v) is 15.4. The summed E-state index contributed by atoms with van der Waals surface area (Å²) in [7, 11) is 0. The third kappa shape index (κ3) is 3.93. The molecule has 1 saturated carbocycles. The first-order chi connectivity index (χ1) is 13.5. The first kappa shape index (κ1) is 18.3. The molecule has 142 valence electrons. The van der Waals surface area contributed by atoms with Crippen LogP contribution in [0.15, 0.2) is 66.9 Å². The average molecular weight is 378 g/mol. The summed E-state index contributed by atoms with van der Waals surface area (Å²) < 4.78 is 26.4. The third-order valence-electron chi connectivity index (χ3n) is 5.21. The number of rotatable bonds is 5. The highest BCUT2D eigenvalue weighted by Gasteiger charge is 2.44. The van der Waals surface area contributed by atoms with Crippen LogP contribution in [0.3, 0.4) is 0 Å². The Labute approximate surface area is 162 Å². The minimum absolute atomic E-state index is 0.0180. The van der Waals surface area contributed by atoms with E-state index in [1.807, 2.05) is 37.3 Å². The van der Waals surface area contributed by atoms with Gasteiger partial charge in [0.1, 0.15) is 5.82 Å². The Balaban J connectivity index is 1.43. The Kier molecular flexibility index (Phi) is 4.90. The van der Waals surface area contributed by atoms with Crippen molar-refractivity contribution in [2.24, 2.45) is 5.92 Å². The van der Waals surface area contributed by atoms with Crippen molar-refractivity contribution in [3.63, 3.8) is 0 Å². The number of benzene rings is 2. The number of carbonyl (C=O) groups is 1. The molecule has 0 bridgehead atoms. The Morgan fingerprint density at radius 3 is 2.64 bits per heavy atom. The zero-order valence-electron chi connectivity index (χ0n) is 15.4. The second-order valence-corrected chi connectivity index (χ2v) is 7.23. The maximum absolute atomic E-state index is 13.4. The summed E-state index contributed by atoms with van der Waals surface area (Å²) in [6, 6.07) is 17.0. The van der Waals surface area contributed by atoms with Crippen LogP contribution in [-0.4, -0.2) is 10.9 Å². The zero-order chi connectivity index (χ0) is 19.7. The van der Waals surface area contributed by atoms with E-state index in [4.69, 9.17) is 0 Å². The number of hydrogen-bond donors (Lipinski definition) is 1. The van der Waals surface area contributed by atoms with Crippen molar-refractivity contribution in [3.8, 4) is 11.1 Å². The molecule has 4 rings (SSSR count). The number of aromatic nitrogens is 1. The number of amides is 1. The van der Waals surface area contributed by atoms with Gasteiger partial charge in [-0.1, -0.05) is 30.3 Å². The van der Waals surface area contributed by atoms with Crippen molar-refractivity contribution in [1.82, 2.24) is 10.3 Å². The molecule has 1 aliphatic rings. The number of halogens is 2. The number of carbonyl (C=O) groups excluding carboxylic acids is 1. The van der Waals surface area contributed by atoms with Crippen molar-refractivity contribution in [2.75, 3.05) is 0 Å². The van der Waals surface area contributed by atoms with E-state index in [0.29, 0.717) is 0 Å². The molecule has 1 N–H and O–H groups in total. The maximum atomic E-state index is 13.4. The maximum Gasteiger partial charge on any atom is 0.224 e. The van der Waals surface area contributed by atoms with Crippen LogP contribution in [0.5, 0.6) is 0 Å². The van der Waals surface area contributed by atoms with Gasteiger partial charge in [-0.2, -0.15) is 4.39 Å². The molecule has 3 aromatic rings. The summed E-state index contributed by atoms with van der Waals surface area (Å²) in [6.07, 6.45) is 2.23. The fourth-order valence-corrected chi connectivity index (χ4v) is 3.53. The molecule has 0 spiro atoms. The van der Waals surface area contributed by atoms with Crippen LogP contribution >= 0.6 is 0 Å². The molecule has 3 nitrogen and oxygen atoms in total. The van der Waals surface area contributed by atoms with E-state index >= 15 is 0 Å². The summed E-state index contributed by atoms with van der Waals surface area (Å²) in [5.74, 6) is -0.842. The molecule has 0 aliphatic heterocycles. The highest BCUT2D eigenvalue weighted by molar-refractivity contribution is 5.83. The predicted octanol–water partition coefficient (Wildman–Crippen LogP) is 5.01. The molecule has 2 unspecified atom stereocenters. The van der Waals surface area contributed by atoms with E-state index in [9.17, 15) is 13.6 Å². The number of nitrogens with one attached hydrogen (secondary N) is 1. The van der Waals surface area contributed by atoms with Crippen molar-refractivity contribution in [3.05, 3.63) is 89.8 Å². The van der Waals surface area contributed by atoms with Gasteiger partial charge in [0.25, 0.3) is 0 Å². The van der Waals surface area contributed by atoms with E-state index in [-0.39, 0.29) is 29.6 Å². The molecule has 2 aromatic carbocycles. The lowest BCUT2D eigenvalue weighted by Crippen LogP contribution is -2.28. The average Bonchev–Trinajstić information content (AvgIpc) is 3.50. The SMILES string of the molecule is C[C@H](NC(=O)C1CC1c1cccc(F)c1)c1cccc(-c2ccc(F)nc2)c1. The Hall–Kier alpha value is -3.08. The summed E-state index contributed by atoms with van der Waals surface area (Å²) in [5.41, 5.74) is 3.56. The van der Waals surface area contributed by atoms with Crippen molar-refractivity contribution < 1.29 is 13.6 Å². The molecule has 1 aromatic heterocycles.